The molecule has 1 N–H and O–H groups in total. The first-order chi connectivity index (χ1) is 12.8. The van der Waals surface area contributed by atoms with Crippen LogP contribution in [0.3, 0.4) is 0 Å². The lowest BCUT2D eigenvalue weighted by Crippen LogP contribution is -1.99. The monoisotopic (exact) mass is 349 g/mol. The molecular weight excluding hydrogens is 333 g/mol. The zero-order chi connectivity index (χ0) is 17.8. The summed E-state index contributed by atoms with van der Waals surface area (Å²) in [6, 6.07) is 16.5. The van der Waals surface area contributed by atoms with Gasteiger partial charge in [-0.25, -0.2) is 14.4 Å². The number of nitrogens with one attached hydrogen (secondary N) is 1. The van der Waals surface area contributed by atoms with Crippen LogP contribution < -0.4 is 4.74 Å². The molecule has 2 aromatic carbocycles. The number of aromatic amines is 1. The van der Waals surface area contributed by atoms with Crippen molar-refractivity contribution in [2.75, 3.05) is 0 Å². The van der Waals surface area contributed by atoms with Crippen molar-refractivity contribution in [1.82, 2.24) is 15.0 Å². The molecule has 0 spiro atoms. The highest BCUT2D eigenvalue weighted by molar-refractivity contribution is 5.81. The van der Waals surface area contributed by atoms with E-state index in [0.717, 1.165) is 5.56 Å². The van der Waals surface area contributed by atoms with E-state index in [1.807, 2.05) is 30.3 Å². The van der Waals surface area contributed by atoms with Gasteiger partial charge in [-0.1, -0.05) is 30.3 Å². The number of benzene rings is 2. The molecule has 26 heavy (non-hydrogen) atoms. The van der Waals surface area contributed by atoms with Crippen LogP contribution >= 0.6 is 0 Å². The van der Waals surface area contributed by atoms with Gasteiger partial charge < -0.3 is 14.5 Å². The van der Waals surface area contributed by atoms with Crippen LogP contribution in [0.25, 0.3) is 10.9 Å². The van der Waals surface area contributed by atoms with E-state index in [-0.39, 0.29) is 11.6 Å². The number of hydrogen-bond donors (Lipinski definition) is 1. The number of halogens is 1. The van der Waals surface area contributed by atoms with E-state index < -0.39 is 5.82 Å². The van der Waals surface area contributed by atoms with Gasteiger partial charge in [0.25, 0.3) is 0 Å². The first-order valence-electron chi connectivity index (χ1n) is 8.15. The smallest absolute Gasteiger partial charge is 0.222 e. The van der Waals surface area contributed by atoms with Crippen LogP contribution in [0.15, 0.2) is 67.1 Å². The van der Waals surface area contributed by atoms with Gasteiger partial charge >= 0.3 is 0 Å². The normalized spacial score (nSPS) is 11.0. The Morgan fingerprint density at radius 2 is 1.85 bits per heavy atom. The highest BCUT2D eigenvalue weighted by Gasteiger charge is 2.11. The highest BCUT2D eigenvalue weighted by atomic mass is 19.1. The molecule has 0 atom stereocenters. The first kappa shape index (κ1) is 16.2. The van der Waals surface area contributed by atoms with Gasteiger partial charge in [0.2, 0.25) is 5.88 Å². The molecule has 0 aliphatic heterocycles. The van der Waals surface area contributed by atoms with Crippen LogP contribution in [0.5, 0.6) is 11.6 Å². The topological polar surface area (TPSA) is 60.0 Å². The Labute approximate surface area is 149 Å². The summed E-state index contributed by atoms with van der Waals surface area (Å²) in [6.45, 7) is 0.799. The number of H-pyrrole nitrogens is 1. The third-order valence-corrected chi connectivity index (χ3v) is 3.91. The average Bonchev–Trinajstić information content (AvgIpc) is 3.15. The van der Waals surface area contributed by atoms with Crippen molar-refractivity contribution in [1.29, 1.82) is 0 Å². The molecule has 0 aliphatic rings. The summed E-state index contributed by atoms with van der Waals surface area (Å²) in [6.07, 6.45) is 3.06. The van der Waals surface area contributed by atoms with Gasteiger partial charge in [-0.05, 0) is 23.8 Å². The van der Waals surface area contributed by atoms with Crippen molar-refractivity contribution < 1.29 is 13.9 Å². The molecule has 6 heteroatoms. The Hall–Kier alpha value is -3.25. The van der Waals surface area contributed by atoms with E-state index >= 15 is 0 Å². The Morgan fingerprint density at radius 3 is 2.73 bits per heavy atom. The SMILES string of the molecule is Fc1c(Oc2cc(COCc3ccccc3)ncn2)ccc2[nH]ccc12. The molecule has 0 saturated heterocycles. The number of aromatic nitrogens is 3. The van der Waals surface area contributed by atoms with Gasteiger partial charge in [-0.15, -0.1) is 0 Å². The lowest BCUT2D eigenvalue weighted by atomic mass is 10.2. The number of nitrogens with zero attached hydrogens (tertiary/aromatic N) is 2. The van der Waals surface area contributed by atoms with Crippen molar-refractivity contribution in [2.24, 2.45) is 0 Å². The van der Waals surface area contributed by atoms with Gasteiger partial charge in [0, 0.05) is 23.2 Å². The van der Waals surface area contributed by atoms with Crippen molar-refractivity contribution in [3.8, 4) is 11.6 Å². The molecular formula is C20H16FN3O2. The Kier molecular flexibility index (Phi) is 4.57. The quantitative estimate of drug-likeness (QED) is 0.552. The van der Waals surface area contributed by atoms with Crippen molar-refractivity contribution >= 4 is 10.9 Å². The Balaban J connectivity index is 1.44. The molecule has 2 heterocycles. The summed E-state index contributed by atoms with van der Waals surface area (Å²) < 4.78 is 25.7. The molecule has 0 amide bonds. The minimum absolute atomic E-state index is 0.118. The van der Waals surface area contributed by atoms with Crippen molar-refractivity contribution in [3.63, 3.8) is 0 Å². The number of rotatable bonds is 6. The van der Waals surface area contributed by atoms with Crippen LogP contribution in [0.1, 0.15) is 11.3 Å². The van der Waals surface area contributed by atoms with Gasteiger partial charge in [-0.2, -0.15) is 0 Å². The molecule has 0 aliphatic carbocycles. The lowest BCUT2D eigenvalue weighted by molar-refractivity contribution is 0.104. The van der Waals surface area contributed by atoms with E-state index in [4.69, 9.17) is 9.47 Å². The first-order valence-corrected chi connectivity index (χ1v) is 8.15. The molecule has 5 nitrogen and oxygen atoms in total. The standard InChI is InChI=1S/C20H16FN3O2/c21-20-16-8-9-22-17(16)6-7-18(20)26-19-10-15(23-13-24-19)12-25-11-14-4-2-1-3-5-14/h1-10,13,22H,11-12H2. The molecule has 4 aromatic rings. The summed E-state index contributed by atoms with van der Waals surface area (Å²) >= 11 is 0. The molecule has 2 aromatic heterocycles. The third kappa shape index (κ3) is 3.55. The fourth-order valence-electron chi connectivity index (χ4n) is 2.63. The van der Waals surface area contributed by atoms with E-state index in [2.05, 4.69) is 15.0 Å². The Bertz CT molecular complexity index is 1020. The predicted octanol–water partition coefficient (Wildman–Crippen LogP) is 4.61. The number of hydrogen-bond acceptors (Lipinski definition) is 4. The minimum Gasteiger partial charge on any atom is -0.436 e. The molecule has 0 radical (unpaired) electrons. The summed E-state index contributed by atoms with van der Waals surface area (Å²) in [7, 11) is 0. The molecule has 0 fully saturated rings. The van der Waals surface area contributed by atoms with Gasteiger partial charge in [0.1, 0.15) is 6.33 Å². The van der Waals surface area contributed by atoms with E-state index in [1.165, 1.54) is 6.33 Å². The van der Waals surface area contributed by atoms with E-state index in [1.54, 1.807) is 30.5 Å². The summed E-state index contributed by atoms with van der Waals surface area (Å²) in [5.41, 5.74) is 2.46. The maximum absolute atomic E-state index is 14.5. The van der Waals surface area contributed by atoms with Crippen LogP contribution in [0, 0.1) is 5.82 Å². The maximum atomic E-state index is 14.5. The number of fused-ring (bicyclic) bond motifs is 1. The molecule has 130 valence electrons. The summed E-state index contributed by atoms with van der Waals surface area (Å²) in [4.78, 5) is 11.2. The van der Waals surface area contributed by atoms with E-state index in [9.17, 15) is 4.39 Å². The number of ether oxygens (including phenoxy) is 2. The van der Waals surface area contributed by atoms with Crippen molar-refractivity contribution in [2.45, 2.75) is 13.2 Å². The van der Waals surface area contributed by atoms with Gasteiger partial charge in [0.15, 0.2) is 11.6 Å². The summed E-state index contributed by atoms with van der Waals surface area (Å²) in [5.74, 6) is -0.0386. The lowest BCUT2D eigenvalue weighted by Gasteiger charge is -2.08. The molecule has 0 saturated carbocycles. The van der Waals surface area contributed by atoms with Crippen LogP contribution in [0.2, 0.25) is 0 Å². The fourth-order valence-corrected chi connectivity index (χ4v) is 2.63. The molecule has 0 bridgehead atoms. The van der Waals surface area contributed by atoms with Crippen LogP contribution in [-0.4, -0.2) is 15.0 Å². The second-order valence-electron chi connectivity index (χ2n) is 5.74. The van der Waals surface area contributed by atoms with Crippen LogP contribution in [-0.2, 0) is 18.0 Å². The highest BCUT2D eigenvalue weighted by Crippen LogP contribution is 2.28. The van der Waals surface area contributed by atoms with E-state index in [0.29, 0.717) is 29.8 Å². The Morgan fingerprint density at radius 1 is 0.962 bits per heavy atom. The van der Waals surface area contributed by atoms with Gasteiger partial charge in [0.05, 0.1) is 18.9 Å². The van der Waals surface area contributed by atoms with Crippen LogP contribution in [0.4, 0.5) is 4.39 Å². The molecule has 0 unspecified atom stereocenters. The largest absolute Gasteiger partial charge is 0.436 e. The zero-order valence-electron chi connectivity index (χ0n) is 13.9. The third-order valence-electron chi connectivity index (χ3n) is 3.91. The second-order valence-corrected chi connectivity index (χ2v) is 5.74. The fraction of sp³-hybridized carbons (Fsp3) is 0.100. The second kappa shape index (κ2) is 7.33. The van der Waals surface area contributed by atoms with Crippen molar-refractivity contribution in [3.05, 3.63) is 84.2 Å². The van der Waals surface area contributed by atoms with Gasteiger partial charge in [-0.3, -0.25) is 0 Å². The summed E-state index contributed by atoms with van der Waals surface area (Å²) in [5, 5.41) is 0.475. The maximum Gasteiger partial charge on any atom is 0.222 e. The predicted molar refractivity (Wildman–Crippen MR) is 95.3 cm³/mol. The zero-order valence-corrected chi connectivity index (χ0v) is 13.9. The minimum atomic E-state index is -0.427. The molecule has 4 rings (SSSR count). The average molecular weight is 349 g/mol.